The van der Waals surface area contributed by atoms with Gasteiger partial charge in [0.05, 0.1) is 6.10 Å². The lowest BCUT2D eigenvalue weighted by molar-refractivity contribution is 0.0236. The van der Waals surface area contributed by atoms with Crippen molar-refractivity contribution >= 4 is 0 Å². The van der Waals surface area contributed by atoms with E-state index in [1.54, 1.807) is 0 Å². The van der Waals surface area contributed by atoms with E-state index in [0.717, 1.165) is 19.6 Å². The van der Waals surface area contributed by atoms with Crippen LogP contribution in [0.1, 0.15) is 67.2 Å². The summed E-state index contributed by atoms with van der Waals surface area (Å²) in [4.78, 5) is 0. The van der Waals surface area contributed by atoms with Gasteiger partial charge in [-0.05, 0) is 38.1 Å². The van der Waals surface area contributed by atoms with E-state index in [-0.39, 0.29) is 0 Å². The fraction of sp³-hybridized carbons (Fsp3) is 1.00. The predicted molar refractivity (Wildman–Crippen MR) is 76.5 cm³/mol. The summed E-state index contributed by atoms with van der Waals surface area (Å²) in [5, 5.41) is 3.60. The van der Waals surface area contributed by atoms with E-state index in [0.29, 0.717) is 17.6 Å². The van der Waals surface area contributed by atoms with Crippen molar-refractivity contribution in [3.05, 3.63) is 0 Å². The molecule has 0 radical (unpaired) electrons. The highest BCUT2D eigenvalue weighted by molar-refractivity contribution is 4.79. The van der Waals surface area contributed by atoms with Gasteiger partial charge in [-0.15, -0.1) is 0 Å². The van der Waals surface area contributed by atoms with Crippen LogP contribution < -0.4 is 5.32 Å². The predicted octanol–water partition coefficient (Wildman–Crippen LogP) is 4.00. The molecule has 0 spiro atoms. The lowest BCUT2D eigenvalue weighted by Gasteiger charge is -2.30. The Morgan fingerprint density at radius 1 is 1.06 bits per heavy atom. The summed E-state index contributed by atoms with van der Waals surface area (Å²) >= 11 is 0. The summed E-state index contributed by atoms with van der Waals surface area (Å²) in [5.74, 6) is 0. The first-order valence-electron chi connectivity index (χ1n) is 7.29. The minimum Gasteiger partial charge on any atom is -0.377 e. The van der Waals surface area contributed by atoms with Gasteiger partial charge in [0, 0.05) is 12.6 Å². The SMILES string of the molecule is CCCC(OCC)C(CCC(C)(C)C)NCC. The summed E-state index contributed by atoms with van der Waals surface area (Å²) in [5.41, 5.74) is 0.413. The highest BCUT2D eigenvalue weighted by Gasteiger charge is 2.22. The zero-order valence-electron chi connectivity index (χ0n) is 12.8. The smallest absolute Gasteiger partial charge is 0.0727 e. The van der Waals surface area contributed by atoms with Crippen molar-refractivity contribution in [2.24, 2.45) is 5.41 Å². The van der Waals surface area contributed by atoms with Crippen molar-refractivity contribution in [1.82, 2.24) is 5.32 Å². The van der Waals surface area contributed by atoms with E-state index in [2.05, 4.69) is 46.9 Å². The van der Waals surface area contributed by atoms with Crippen LogP contribution in [0, 0.1) is 5.41 Å². The Kier molecular flexibility index (Phi) is 8.89. The second-order valence-corrected chi connectivity index (χ2v) is 6.05. The topological polar surface area (TPSA) is 21.3 Å². The molecule has 2 unspecified atom stereocenters. The van der Waals surface area contributed by atoms with Crippen LogP contribution in [0.25, 0.3) is 0 Å². The van der Waals surface area contributed by atoms with Crippen LogP contribution in [0.4, 0.5) is 0 Å². The first kappa shape index (κ1) is 16.9. The minimum atomic E-state index is 0.382. The van der Waals surface area contributed by atoms with Crippen molar-refractivity contribution in [2.45, 2.75) is 79.4 Å². The third kappa shape index (κ3) is 8.62. The molecular formula is C15H33NO. The van der Waals surface area contributed by atoms with E-state index < -0.39 is 0 Å². The second kappa shape index (κ2) is 8.93. The fourth-order valence-electron chi connectivity index (χ4n) is 2.17. The molecule has 2 nitrogen and oxygen atoms in total. The number of nitrogens with one attached hydrogen (secondary N) is 1. The van der Waals surface area contributed by atoms with E-state index >= 15 is 0 Å². The molecule has 0 aromatic rings. The maximum Gasteiger partial charge on any atom is 0.0727 e. The average Bonchev–Trinajstić information content (AvgIpc) is 2.23. The number of hydrogen-bond acceptors (Lipinski definition) is 2. The molecule has 0 heterocycles. The summed E-state index contributed by atoms with van der Waals surface area (Å²) in [6.45, 7) is 15.3. The van der Waals surface area contributed by atoms with Crippen LogP contribution in [0.5, 0.6) is 0 Å². The molecule has 17 heavy (non-hydrogen) atoms. The molecule has 0 rings (SSSR count). The number of hydrogen-bond donors (Lipinski definition) is 1. The zero-order valence-corrected chi connectivity index (χ0v) is 12.8. The largest absolute Gasteiger partial charge is 0.377 e. The van der Waals surface area contributed by atoms with Gasteiger partial charge in [0.2, 0.25) is 0 Å². The molecule has 0 aliphatic carbocycles. The van der Waals surface area contributed by atoms with Crippen LogP contribution in [0.3, 0.4) is 0 Å². The van der Waals surface area contributed by atoms with Crippen LogP contribution in [-0.2, 0) is 4.74 Å². The second-order valence-electron chi connectivity index (χ2n) is 6.05. The lowest BCUT2D eigenvalue weighted by Crippen LogP contribution is -2.42. The molecule has 0 aromatic carbocycles. The van der Waals surface area contributed by atoms with Gasteiger partial charge in [-0.3, -0.25) is 0 Å². The van der Waals surface area contributed by atoms with Crippen molar-refractivity contribution in [1.29, 1.82) is 0 Å². The summed E-state index contributed by atoms with van der Waals surface area (Å²) in [6, 6.07) is 0.513. The number of rotatable bonds is 9. The van der Waals surface area contributed by atoms with Crippen LogP contribution in [0.2, 0.25) is 0 Å². The molecule has 1 N–H and O–H groups in total. The van der Waals surface area contributed by atoms with E-state index in [4.69, 9.17) is 4.74 Å². The Bertz CT molecular complexity index is 168. The maximum atomic E-state index is 5.90. The lowest BCUT2D eigenvalue weighted by atomic mass is 9.87. The van der Waals surface area contributed by atoms with Gasteiger partial charge >= 0.3 is 0 Å². The third-order valence-corrected chi connectivity index (χ3v) is 3.07. The minimum absolute atomic E-state index is 0.382. The van der Waals surface area contributed by atoms with E-state index in [1.807, 2.05) is 0 Å². The first-order valence-corrected chi connectivity index (χ1v) is 7.29. The first-order chi connectivity index (χ1) is 7.94. The fourth-order valence-corrected chi connectivity index (χ4v) is 2.17. The van der Waals surface area contributed by atoms with Crippen LogP contribution in [0.15, 0.2) is 0 Å². The Balaban J connectivity index is 4.33. The molecule has 0 bridgehead atoms. The highest BCUT2D eigenvalue weighted by atomic mass is 16.5. The van der Waals surface area contributed by atoms with E-state index in [9.17, 15) is 0 Å². The number of likely N-dealkylation sites (N-methyl/N-ethyl adjacent to an activating group) is 1. The van der Waals surface area contributed by atoms with Crippen LogP contribution in [-0.4, -0.2) is 25.3 Å². The van der Waals surface area contributed by atoms with Gasteiger partial charge < -0.3 is 10.1 Å². The highest BCUT2D eigenvalue weighted by Crippen LogP contribution is 2.24. The molecule has 0 aromatic heterocycles. The van der Waals surface area contributed by atoms with Gasteiger partial charge in [-0.25, -0.2) is 0 Å². The summed E-state index contributed by atoms with van der Waals surface area (Å²) < 4.78 is 5.90. The third-order valence-electron chi connectivity index (χ3n) is 3.07. The Morgan fingerprint density at radius 3 is 2.12 bits per heavy atom. The zero-order chi connectivity index (χ0) is 13.3. The van der Waals surface area contributed by atoms with Gasteiger partial charge in [-0.2, -0.15) is 0 Å². The Hall–Kier alpha value is -0.0800. The van der Waals surface area contributed by atoms with Crippen molar-refractivity contribution in [3.63, 3.8) is 0 Å². The maximum absolute atomic E-state index is 5.90. The van der Waals surface area contributed by atoms with Gasteiger partial charge in [0.1, 0.15) is 0 Å². The van der Waals surface area contributed by atoms with Gasteiger partial charge in [-0.1, -0.05) is 41.0 Å². The molecule has 0 saturated carbocycles. The van der Waals surface area contributed by atoms with Crippen molar-refractivity contribution < 1.29 is 4.74 Å². The molecule has 0 saturated heterocycles. The van der Waals surface area contributed by atoms with Crippen molar-refractivity contribution in [3.8, 4) is 0 Å². The Labute approximate surface area is 109 Å². The van der Waals surface area contributed by atoms with Gasteiger partial charge in [0.25, 0.3) is 0 Å². The molecule has 0 aliphatic heterocycles. The standard InChI is InChI=1S/C15H33NO/c1-7-10-14(17-9-3)13(16-8-2)11-12-15(4,5)6/h13-14,16H,7-12H2,1-6H3. The molecule has 0 aliphatic rings. The quantitative estimate of drug-likeness (QED) is 0.661. The Morgan fingerprint density at radius 2 is 1.71 bits per heavy atom. The van der Waals surface area contributed by atoms with Crippen molar-refractivity contribution in [2.75, 3.05) is 13.2 Å². The molecule has 104 valence electrons. The molecule has 2 atom stereocenters. The molecule has 0 fully saturated rings. The van der Waals surface area contributed by atoms with Gasteiger partial charge in [0.15, 0.2) is 0 Å². The van der Waals surface area contributed by atoms with E-state index in [1.165, 1.54) is 19.3 Å². The monoisotopic (exact) mass is 243 g/mol. The average molecular weight is 243 g/mol. The summed E-state index contributed by atoms with van der Waals surface area (Å²) in [7, 11) is 0. The number of ether oxygens (including phenoxy) is 1. The molecule has 2 heteroatoms. The molecule has 0 amide bonds. The molecular weight excluding hydrogens is 210 g/mol. The van der Waals surface area contributed by atoms with Crippen LogP contribution >= 0.6 is 0 Å². The summed E-state index contributed by atoms with van der Waals surface area (Å²) in [6.07, 6.45) is 5.20. The normalized spacial score (nSPS) is 15.9.